The average molecular weight is 248 g/mol. The minimum Gasteiger partial charge on any atom is -0.308 e. The van der Waals surface area contributed by atoms with Crippen LogP contribution >= 0.6 is 0 Å². The van der Waals surface area contributed by atoms with Gasteiger partial charge in [-0.25, -0.2) is 0 Å². The highest BCUT2D eigenvalue weighted by atomic mass is 15.3. The van der Waals surface area contributed by atoms with Crippen molar-refractivity contribution in [1.29, 1.82) is 0 Å². The fourth-order valence-corrected chi connectivity index (χ4v) is 3.29. The van der Waals surface area contributed by atoms with E-state index in [1.54, 1.807) is 0 Å². The smallest absolute Gasteiger partial charge is 0.0534 e. The fraction of sp³-hybridized carbons (Fsp3) is 0.786. The number of hydrogen-bond donors (Lipinski definition) is 1. The van der Waals surface area contributed by atoms with Crippen LogP contribution < -0.4 is 5.32 Å². The van der Waals surface area contributed by atoms with Crippen molar-refractivity contribution in [1.82, 2.24) is 20.0 Å². The molecule has 1 unspecified atom stereocenters. The number of hydrogen-bond acceptors (Lipinski definition) is 3. The Labute approximate surface area is 109 Å². The van der Waals surface area contributed by atoms with Crippen LogP contribution in [0.4, 0.5) is 0 Å². The lowest BCUT2D eigenvalue weighted by Gasteiger charge is -2.45. The Hall–Kier alpha value is -0.870. The Morgan fingerprint density at radius 3 is 2.89 bits per heavy atom. The van der Waals surface area contributed by atoms with Crippen LogP contribution in [-0.2, 0) is 13.1 Å². The van der Waals surface area contributed by atoms with Crippen molar-refractivity contribution in [2.24, 2.45) is 5.92 Å². The molecule has 1 N–H and O–H groups in total. The summed E-state index contributed by atoms with van der Waals surface area (Å²) >= 11 is 0. The second kappa shape index (κ2) is 5.41. The van der Waals surface area contributed by atoms with Gasteiger partial charge in [-0.3, -0.25) is 4.68 Å². The summed E-state index contributed by atoms with van der Waals surface area (Å²) in [6.07, 6.45) is 8.09. The zero-order valence-corrected chi connectivity index (χ0v) is 11.3. The molecule has 0 saturated carbocycles. The highest BCUT2D eigenvalue weighted by Gasteiger charge is 2.33. The predicted octanol–water partition coefficient (Wildman–Crippen LogP) is 1.48. The molecule has 2 bridgehead atoms. The van der Waals surface area contributed by atoms with Crippen LogP contribution in [0.15, 0.2) is 12.4 Å². The molecule has 3 saturated heterocycles. The Morgan fingerprint density at radius 1 is 1.39 bits per heavy atom. The number of aryl methyl sites for hydroxylation is 1. The van der Waals surface area contributed by atoms with Crippen molar-refractivity contribution in [3.05, 3.63) is 18.0 Å². The van der Waals surface area contributed by atoms with Crippen LogP contribution in [0.25, 0.3) is 0 Å². The fourth-order valence-electron chi connectivity index (χ4n) is 3.29. The van der Waals surface area contributed by atoms with Gasteiger partial charge in [0, 0.05) is 37.4 Å². The van der Waals surface area contributed by atoms with E-state index in [1.165, 1.54) is 38.0 Å². The van der Waals surface area contributed by atoms with Crippen LogP contribution in [0.1, 0.15) is 31.7 Å². The molecule has 3 aliphatic heterocycles. The largest absolute Gasteiger partial charge is 0.308 e. The molecular formula is C14H24N4. The van der Waals surface area contributed by atoms with E-state index in [1.807, 2.05) is 10.9 Å². The van der Waals surface area contributed by atoms with Gasteiger partial charge in [0.25, 0.3) is 0 Å². The summed E-state index contributed by atoms with van der Waals surface area (Å²) in [7, 11) is 0. The first-order valence-corrected chi connectivity index (χ1v) is 7.32. The maximum absolute atomic E-state index is 4.38. The third kappa shape index (κ3) is 2.59. The average Bonchev–Trinajstić information content (AvgIpc) is 2.86. The second-order valence-electron chi connectivity index (χ2n) is 5.74. The highest BCUT2D eigenvalue weighted by Crippen LogP contribution is 2.27. The first kappa shape index (κ1) is 12.2. The zero-order valence-electron chi connectivity index (χ0n) is 11.3. The molecule has 3 fully saturated rings. The van der Waals surface area contributed by atoms with Gasteiger partial charge in [0.2, 0.25) is 0 Å². The first-order valence-electron chi connectivity index (χ1n) is 7.32. The minimum absolute atomic E-state index is 0.696. The summed E-state index contributed by atoms with van der Waals surface area (Å²) in [5, 5.41) is 8.11. The predicted molar refractivity (Wildman–Crippen MR) is 72.3 cm³/mol. The quantitative estimate of drug-likeness (QED) is 0.857. The Kier molecular flexibility index (Phi) is 3.66. The van der Waals surface area contributed by atoms with Crippen LogP contribution in [0, 0.1) is 5.92 Å². The maximum atomic E-state index is 4.38. The molecule has 4 heterocycles. The number of fused-ring (bicyclic) bond motifs is 3. The Bertz CT molecular complexity index is 379. The third-order valence-electron chi connectivity index (χ3n) is 4.36. The van der Waals surface area contributed by atoms with Gasteiger partial charge < -0.3 is 10.2 Å². The van der Waals surface area contributed by atoms with Gasteiger partial charge in [-0.2, -0.15) is 5.10 Å². The van der Waals surface area contributed by atoms with Gasteiger partial charge in [0.1, 0.15) is 0 Å². The van der Waals surface area contributed by atoms with Crippen molar-refractivity contribution in [3.63, 3.8) is 0 Å². The van der Waals surface area contributed by atoms with E-state index in [-0.39, 0.29) is 0 Å². The van der Waals surface area contributed by atoms with Gasteiger partial charge in [-0.05, 0) is 38.3 Å². The molecule has 1 atom stereocenters. The molecule has 100 valence electrons. The molecule has 0 amide bonds. The standard InChI is InChI=1S/C14H24N4/c1-2-5-18-10-12(9-16-18)8-15-14-11-17-6-3-13(14)4-7-17/h9-10,13-15H,2-8,11H2,1H3. The lowest BCUT2D eigenvalue weighted by atomic mass is 9.84. The summed E-state index contributed by atoms with van der Waals surface area (Å²) < 4.78 is 2.05. The molecule has 0 aromatic carbocycles. The molecule has 0 aliphatic carbocycles. The molecule has 1 aromatic heterocycles. The molecule has 0 spiro atoms. The molecule has 0 radical (unpaired) electrons. The zero-order chi connectivity index (χ0) is 12.4. The van der Waals surface area contributed by atoms with Crippen molar-refractivity contribution in [2.75, 3.05) is 19.6 Å². The monoisotopic (exact) mass is 248 g/mol. The van der Waals surface area contributed by atoms with E-state index < -0.39 is 0 Å². The molecular weight excluding hydrogens is 224 g/mol. The Balaban J connectivity index is 1.51. The maximum Gasteiger partial charge on any atom is 0.0534 e. The van der Waals surface area contributed by atoms with E-state index in [9.17, 15) is 0 Å². The van der Waals surface area contributed by atoms with E-state index >= 15 is 0 Å². The van der Waals surface area contributed by atoms with E-state index in [2.05, 4.69) is 28.4 Å². The topological polar surface area (TPSA) is 33.1 Å². The number of aromatic nitrogens is 2. The van der Waals surface area contributed by atoms with E-state index in [0.717, 1.165) is 25.4 Å². The minimum atomic E-state index is 0.696. The number of rotatable bonds is 5. The van der Waals surface area contributed by atoms with Gasteiger partial charge in [-0.15, -0.1) is 0 Å². The van der Waals surface area contributed by atoms with Crippen LogP contribution in [-0.4, -0.2) is 40.4 Å². The molecule has 4 nitrogen and oxygen atoms in total. The summed E-state index contributed by atoms with van der Waals surface area (Å²) in [4.78, 5) is 2.60. The summed E-state index contributed by atoms with van der Waals surface area (Å²) in [6, 6.07) is 0.696. The molecule has 3 aliphatic rings. The van der Waals surface area contributed by atoms with Crippen LogP contribution in [0.5, 0.6) is 0 Å². The molecule has 4 rings (SSSR count). The lowest BCUT2D eigenvalue weighted by molar-refractivity contribution is 0.0720. The molecule has 18 heavy (non-hydrogen) atoms. The van der Waals surface area contributed by atoms with Crippen molar-refractivity contribution >= 4 is 0 Å². The Morgan fingerprint density at radius 2 is 2.22 bits per heavy atom. The van der Waals surface area contributed by atoms with Crippen molar-refractivity contribution < 1.29 is 0 Å². The van der Waals surface area contributed by atoms with Gasteiger partial charge >= 0.3 is 0 Å². The van der Waals surface area contributed by atoms with E-state index in [4.69, 9.17) is 0 Å². The number of nitrogens with one attached hydrogen (secondary N) is 1. The van der Waals surface area contributed by atoms with Gasteiger partial charge in [-0.1, -0.05) is 6.92 Å². The molecule has 1 aromatic rings. The molecule has 4 heteroatoms. The summed E-state index contributed by atoms with van der Waals surface area (Å²) in [5.74, 6) is 0.903. The normalized spacial score (nSPS) is 30.8. The second-order valence-corrected chi connectivity index (χ2v) is 5.74. The first-order chi connectivity index (χ1) is 8.85. The SMILES string of the molecule is CCCn1cc(CNC2CN3CCC2CC3)cn1. The number of nitrogens with zero attached hydrogens (tertiary/aromatic N) is 3. The summed E-state index contributed by atoms with van der Waals surface area (Å²) in [5.41, 5.74) is 1.32. The van der Waals surface area contributed by atoms with Crippen LogP contribution in [0.3, 0.4) is 0 Å². The van der Waals surface area contributed by atoms with Crippen LogP contribution in [0.2, 0.25) is 0 Å². The lowest BCUT2D eigenvalue weighted by Crippen LogP contribution is -2.55. The number of piperidine rings is 3. The van der Waals surface area contributed by atoms with E-state index in [0.29, 0.717) is 6.04 Å². The highest BCUT2D eigenvalue weighted by molar-refractivity contribution is 5.04. The summed E-state index contributed by atoms with van der Waals surface area (Å²) in [6.45, 7) is 8.06. The van der Waals surface area contributed by atoms with Gasteiger partial charge in [0.15, 0.2) is 0 Å². The van der Waals surface area contributed by atoms with Crippen molar-refractivity contribution in [2.45, 2.75) is 45.3 Å². The van der Waals surface area contributed by atoms with Crippen molar-refractivity contribution in [3.8, 4) is 0 Å². The third-order valence-corrected chi connectivity index (χ3v) is 4.36. The van der Waals surface area contributed by atoms with Gasteiger partial charge in [0.05, 0.1) is 6.20 Å².